The van der Waals surface area contributed by atoms with Crippen LogP contribution in [0.4, 0.5) is 0 Å². The summed E-state index contributed by atoms with van der Waals surface area (Å²) >= 11 is 12.0. The quantitative estimate of drug-likeness (QED) is 0.694. The van der Waals surface area contributed by atoms with Gasteiger partial charge >= 0.3 is 0 Å². The highest BCUT2D eigenvalue weighted by Crippen LogP contribution is 2.22. The third kappa shape index (κ3) is 2.43. The van der Waals surface area contributed by atoms with E-state index < -0.39 is 0 Å². The number of nitrogens with zero attached hydrogens (tertiary/aromatic N) is 4. The molecule has 0 unspecified atom stereocenters. The van der Waals surface area contributed by atoms with E-state index in [-0.39, 0.29) is 0 Å². The van der Waals surface area contributed by atoms with Gasteiger partial charge in [-0.2, -0.15) is 4.98 Å². The van der Waals surface area contributed by atoms with Crippen LogP contribution in [0, 0.1) is 0 Å². The standard InChI is InChI=1S/C12H10Cl2N4O/c13-6-12-16-9-2-1-8(14)5-10(9)18(12)4-3-11-15-7-19-17-11/h1-2,5,7H,3-4,6H2. The average molecular weight is 297 g/mol. The van der Waals surface area contributed by atoms with Crippen LogP contribution in [0.25, 0.3) is 11.0 Å². The Kier molecular flexibility index (Phi) is 3.40. The normalized spacial score (nSPS) is 11.3. The van der Waals surface area contributed by atoms with Crippen LogP contribution in [0.2, 0.25) is 5.02 Å². The fourth-order valence-corrected chi connectivity index (χ4v) is 2.38. The average Bonchev–Trinajstić information content (AvgIpc) is 3.03. The van der Waals surface area contributed by atoms with Crippen LogP contribution in [0.1, 0.15) is 11.6 Å². The summed E-state index contributed by atoms with van der Waals surface area (Å²) in [4.78, 5) is 8.48. The Balaban J connectivity index is 1.97. The molecule has 0 spiro atoms. The summed E-state index contributed by atoms with van der Waals surface area (Å²) < 4.78 is 6.75. The van der Waals surface area contributed by atoms with E-state index in [1.54, 1.807) is 0 Å². The molecule has 0 fully saturated rings. The highest BCUT2D eigenvalue weighted by molar-refractivity contribution is 6.31. The van der Waals surface area contributed by atoms with Crippen molar-refractivity contribution in [1.82, 2.24) is 19.7 Å². The maximum atomic E-state index is 6.03. The first kappa shape index (κ1) is 12.4. The number of benzene rings is 1. The lowest BCUT2D eigenvalue weighted by Gasteiger charge is -2.05. The predicted octanol–water partition coefficient (Wildman–Crippen LogP) is 3.05. The van der Waals surface area contributed by atoms with E-state index in [4.69, 9.17) is 27.7 Å². The molecule has 7 heteroatoms. The number of aromatic nitrogens is 4. The van der Waals surface area contributed by atoms with Crippen LogP contribution in [0.3, 0.4) is 0 Å². The highest BCUT2D eigenvalue weighted by atomic mass is 35.5. The number of aryl methyl sites for hydroxylation is 2. The summed E-state index contributed by atoms with van der Waals surface area (Å²) in [5.74, 6) is 1.81. The van der Waals surface area contributed by atoms with Crippen LogP contribution >= 0.6 is 23.2 Å². The van der Waals surface area contributed by atoms with Crippen LogP contribution in [-0.2, 0) is 18.8 Å². The Morgan fingerprint density at radius 1 is 1.32 bits per heavy atom. The number of fused-ring (bicyclic) bond motifs is 1. The third-order valence-corrected chi connectivity index (χ3v) is 3.35. The molecule has 0 aliphatic carbocycles. The first-order valence-corrected chi connectivity index (χ1v) is 6.65. The number of imidazole rings is 1. The van der Waals surface area contributed by atoms with Crippen molar-refractivity contribution in [2.75, 3.05) is 0 Å². The molecule has 0 N–H and O–H groups in total. The van der Waals surface area contributed by atoms with Gasteiger partial charge in [0.05, 0.1) is 16.9 Å². The van der Waals surface area contributed by atoms with Gasteiger partial charge in [0, 0.05) is 18.0 Å². The van der Waals surface area contributed by atoms with Gasteiger partial charge in [-0.3, -0.25) is 0 Å². The zero-order valence-electron chi connectivity index (χ0n) is 9.88. The van der Waals surface area contributed by atoms with Gasteiger partial charge in [0.25, 0.3) is 0 Å². The SMILES string of the molecule is ClCc1nc2ccc(Cl)cc2n1CCc1ncon1. The first-order valence-electron chi connectivity index (χ1n) is 5.74. The second-order valence-corrected chi connectivity index (χ2v) is 4.75. The van der Waals surface area contributed by atoms with Crippen molar-refractivity contribution < 1.29 is 4.52 Å². The van der Waals surface area contributed by atoms with Crippen molar-refractivity contribution >= 4 is 34.2 Å². The molecule has 98 valence electrons. The molecule has 0 amide bonds. The number of rotatable bonds is 4. The zero-order chi connectivity index (χ0) is 13.2. The molecule has 3 rings (SSSR count). The summed E-state index contributed by atoms with van der Waals surface area (Å²) in [5.41, 5.74) is 1.85. The first-order chi connectivity index (χ1) is 9.28. The fraction of sp³-hybridized carbons (Fsp3) is 0.250. The molecular formula is C12H10Cl2N4O. The molecule has 0 aliphatic rings. The van der Waals surface area contributed by atoms with Gasteiger partial charge in [-0.1, -0.05) is 16.8 Å². The molecule has 0 aliphatic heterocycles. The van der Waals surface area contributed by atoms with Crippen molar-refractivity contribution in [2.24, 2.45) is 0 Å². The van der Waals surface area contributed by atoms with Crippen LogP contribution < -0.4 is 0 Å². The zero-order valence-corrected chi connectivity index (χ0v) is 11.4. The molecule has 0 radical (unpaired) electrons. The fourth-order valence-electron chi connectivity index (χ4n) is 2.01. The Hall–Kier alpha value is -1.59. The van der Waals surface area contributed by atoms with Gasteiger partial charge in [0.1, 0.15) is 5.82 Å². The topological polar surface area (TPSA) is 56.7 Å². The number of hydrogen-bond donors (Lipinski definition) is 0. The maximum absolute atomic E-state index is 6.03. The molecule has 2 heterocycles. The second kappa shape index (κ2) is 5.19. The third-order valence-electron chi connectivity index (χ3n) is 2.87. The Morgan fingerprint density at radius 2 is 2.21 bits per heavy atom. The van der Waals surface area contributed by atoms with E-state index in [0.717, 1.165) is 16.9 Å². The van der Waals surface area contributed by atoms with Gasteiger partial charge in [-0.15, -0.1) is 11.6 Å². The molecular weight excluding hydrogens is 287 g/mol. The van der Waals surface area contributed by atoms with Crippen molar-refractivity contribution in [1.29, 1.82) is 0 Å². The lowest BCUT2D eigenvalue weighted by atomic mass is 10.3. The molecule has 0 saturated heterocycles. The Labute approximate surface area is 119 Å². The molecule has 3 aromatic rings. The molecule has 0 saturated carbocycles. The minimum Gasteiger partial charge on any atom is -0.343 e. The van der Waals surface area contributed by atoms with E-state index in [9.17, 15) is 0 Å². The van der Waals surface area contributed by atoms with Gasteiger partial charge in [0.15, 0.2) is 5.82 Å². The van der Waals surface area contributed by atoms with E-state index in [1.165, 1.54) is 6.39 Å². The summed E-state index contributed by atoms with van der Waals surface area (Å²) in [5, 5.41) is 4.47. The van der Waals surface area contributed by atoms with Crippen LogP contribution in [-0.4, -0.2) is 19.7 Å². The van der Waals surface area contributed by atoms with E-state index in [0.29, 0.717) is 29.7 Å². The van der Waals surface area contributed by atoms with Crippen molar-refractivity contribution in [3.63, 3.8) is 0 Å². The largest absolute Gasteiger partial charge is 0.343 e. The molecule has 19 heavy (non-hydrogen) atoms. The number of hydrogen-bond acceptors (Lipinski definition) is 4. The number of halogens is 2. The lowest BCUT2D eigenvalue weighted by molar-refractivity contribution is 0.408. The predicted molar refractivity (Wildman–Crippen MR) is 72.3 cm³/mol. The minimum atomic E-state index is 0.346. The smallest absolute Gasteiger partial charge is 0.213 e. The Bertz CT molecular complexity index is 693. The van der Waals surface area contributed by atoms with Crippen molar-refractivity contribution in [3.8, 4) is 0 Å². The summed E-state index contributed by atoms with van der Waals surface area (Å²) in [7, 11) is 0. The van der Waals surface area contributed by atoms with Crippen LogP contribution in [0.5, 0.6) is 0 Å². The van der Waals surface area contributed by atoms with Gasteiger partial charge in [-0.25, -0.2) is 4.98 Å². The lowest BCUT2D eigenvalue weighted by Crippen LogP contribution is -2.06. The van der Waals surface area contributed by atoms with Crippen LogP contribution in [0.15, 0.2) is 29.1 Å². The molecule has 2 aromatic heterocycles. The monoisotopic (exact) mass is 296 g/mol. The molecule has 0 bridgehead atoms. The Morgan fingerprint density at radius 3 is 2.95 bits per heavy atom. The van der Waals surface area contributed by atoms with E-state index in [1.807, 2.05) is 22.8 Å². The highest BCUT2D eigenvalue weighted by Gasteiger charge is 2.11. The molecule has 1 aromatic carbocycles. The number of alkyl halides is 1. The van der Waals surface area contributed by atoms with Crippen molar-refractivity contribution in [2.45, 2.75) is 18.8 Å². The minimum absolute atomic E-state index is 0.346. The van der Waals surface area contributed by atoms with Crippen molar-refractivity contribution in [3.05, 3.63) is 41.3 Å². The summed E-state index contributed by atoms with van der Waals surface area (Å²) in [6.45, 7) is 0.679. The molecule has 0 atom stereocenters. The summed E-state index contributed by atoms with van der Waals surface area (Å²) in [6.07, 6.45) is 1.97. The summed E-state index contributed by atoms with van der Waals surface area (Å²) in [6, 6.07) is 5.59. The van der Waals surface area contributed by atoms with Gasteiger partial charge < -0.3 is 9.09 Å². The maximum Gasteiger partial charge on any atom is 0.213 e. The second-order valence-electron chi connectivity index (χ2n) is 4.04. The van der Waals surface area contributed by atoms with Gasteiger partial charge in [-0.05, 0) is 18.2 Å². The molecule has 5 nitrogen and oxygen atoms in total. The van der Waals surface area contributed by atoms with E-state index >= 15 is 0 Å². The van der Waals surface area contributed by atoms with Gasteiger partial charge in [0.2, 0.25) is 6.39 Å². The van der Waals surface area contributed by atoms with E-state index in [2.05, 4.69) is 15.1 Å².